The number of carboxylic acid groups (broad SMARTS) is 1. The summed E-state index contributed by atoms with van der Waals surface area (Å²) in [6, 6.07) is 6.50. The van der Waals surface area contributed by atoms with E-state index in [9.17, 15) is 9.59 Å². The minimum Gasteiger partial charge on any atom is -0.481 e. The lowest BCUT2D eigenvalue weighted by atomic mass is 10.1. The molecule has 108 valence electrons. The molecule has 0 aliphatic heterocycles. The van der Waals surface area contributed by atoms with Crippen molar-refractivity contribution >= 4 is 35.0 Å². The number of rotatable bonds is 5. The number of aliphatic carboxylic acids is 1. The van der Waals surface area contributed by atoms with Gasteiger partial charge in [-0.3, -0.25) is 9.59 Å². The SMILES string of the molecule is O=C(O)CCC(=O)c1cc(-c2ccc(Cl)c(Cl)c2)ncn1. The van der Waals surface area contributed by atoms with Crippen LogP contribution in [0.1, 0.15) is 23.3 Å². The van der Waals surface area contributed by atoms with Crippen molar-refractivity contribution in [1.29, 1.82) is 0 Å². The van der Waals surface area contributed by atoms with E-state index in [1.54, 1.807) is 18.2 Å². The Hall–Kier alpha value is -1.98. The van der Waals surface area contributed by atoms with E-state index in [0.29, 0.717) is 21.3 Å². The number of ketones is 1. The maximum Gasteiger partial charge on any atom is 0.303 e. The summed E-state index contributed by atoms with van der Waals surface area (Å²) in [6.07, 6.45) is 0.921. The van der Waals surface area contributed by atoms with Crippen molar-refractivity contribution in [1.82, 2.24) is 9.97 Å². The van der Waals surface area contributed by atoms with Crippen LogP contribution in [0.3, 0.4) is 0 Å². The van der Waals surface area contributed by atoms with Crippen molar-refractivity contribution in [2.45, 2.75) is 12.8 Å². The standard InChI is InChI=1S/C14H10Cl2N2O3/c15-9-2-1-8(5-10(9)16)11-6-12(18-7-17-11)13(19)3-4-14(20)21/h1-2,5-7H,3-4H2,(H,20,21). The zero-order valence-electron chi connectivity index (χ0n) is 10.7. The number of Topliss-reactive ketones (excluding diaryl/α,β-unsaturated/α-hetero) is 1. The molecule has 1 N–H and O–H groups in total. The number of benzene rings is 1. The van der Waals surface area contributed by atoms with Crippen LogP contribution < -0.4 is 0 Å². The van der Waals surface area contributed by atoms with Crippen molar-refractivity contribution in [3.05, 3.63) is 46.3 Å². The molecule has 0 radical (unpaired) electrons. The second-order valence-electron chi connectivity index (χ2n) is 4.23. The van der Waals surface area contributed by atoms with Gasteiger partial charge in [-0.2, -0.15) is 0 Å². The fourth-order valence-corrected chi connectivity index (χ4v) is 1.97. The highest BCUT2D eigenvalue weighted by atomic mass is 35.5. The number of carbonyl (C=O) groups is 2. The first-order valence-corrected chi connectivity index (χ1v) is 6.75. The van der Waals surface area contributed by atoms with Crippen molar-refractivity contribution in [3.63, 3.8) is 0 Å². The zero-order valence-corrected chi connectivity index (χ0v) is 12.2. The molecule has 0 atom stereocenters. The van der Waals surface area contributed by atoms with E-state index in [4.69, 9.17) is 28.3 Å². The molecule has 0 spiro atoms. The van der Waals surface area contributed by atoms with Gasteiger partial charge in [0, 0.05) is 12.0 Å². The van der Waals surface area contributed by atoms with Crippen molar-refractivity contribution in [2.24, 2.45) is 0 Å². The van der Waals surface area contributed by atoms with Gasteiger partial charge in [0.1, 0.15) is 12.0 Å². The molecule has 2 rings (SSSR count). The van der Waals surface area contributed by atoms with Crippen LogP contribution in [0.4, 0.5) is 0 Å². The van der Waals surface area contributed by atoms with Crippen LogP contribution in [0.2, 0.25) is 10.0 Å². The Morgan fingerprint density at radius 1 is 1.05 bits per heavy atom. The number of nitrogens with zero attached hydrogens (tertiary/aromatic N) is 2. The summed E-state index contributed by atoms with van der Waals surface area (Å²) in [5, 5.41) is 9.39. The fraction of sp³-hybridized carbons (Fsp3) is 0.143. The van der Waals surface area contributed by atoms with Gasteiger partial charge in [0.25, 0.3) is 0 Å². The molecule has 0 aliphatic rings. The second kappa shape index (κ2) is 6.65. The Kier molecular flexibility index (Phi) is 4.88. The molecule has 0 amide bonds. The molecule has 1 aromatic heterocycles. The number of carboxylic acids is 1. The van der Waals surface area contributed by atoms with Gasteiger partial charge >= 0.3 is 5.97 Å². The predicted molar refractivity (Wildman–Crippen MR) is 78.7 cm³/mol. The first kappa shape index (κ1) is 15.4. The van der Waals surface area contributed by atoms with Crippen molar-refractivity contribution < 1.29 is 14.7 Å². The molecular weight excluding hydrogens is 315 g/mol. The molecule has 21 heavy (non-hydrogen) atoms. The molecule has 1 aromatic carbocycles. The summed E-state index contributed by atoms with van der Waals surface area (Å²) in [7, 11) is 0. The van der Waals surface area contributed by atoms with E-state index in [-0.39, 0.29) is 24.3 Å². The van der Waals surface area contributed by atoms with Gasteiger partial charge in [-0.15, -0.1) is 0 Å². The van der Waals surface area contributed by atoms with Crippen LogP contribution in [0.25, 0.3) is 11.3 Å². The average molecular weight is 325 g/mol. The van der Waals surface area contributed by atoms with Crippen LogP contribution >= 0.6 is 23.2 Å². The summed E-state index contributed by atoms with van der Waals surface area (Å²) in [5.74, 6) is -1.37. The largest absolute Gasteiger partial charge is 0.481 e. The lowest BCUT2D eigenvalue weighted by molar-refractivity contribution is -0.136. The van der Waals surface area contributed by atoms with E-state index in [1.807, 2.05) is 0 Å². The highest BCUT2D eigenvalue weighted by Crippen LogP contribution is 2.27. The van der Waals surface area contributed by atoms with Crippen LogP contribution in [0.5, 0.6) is 0 Å². The van der Waals surface area contributed by atoms with Gasteiger partial charge in [0.15, 0.2) is 5.78 Å². The van der Waals surface area contributed by atoms with E-state index in [2.05, 4.69) is 9.97 Å². The van der Waals surface area contributed by atoms with Gasteiger partial charge in [0.2, 0.25) is 0 Å². The summed E-state index contributed by atoms with van der Waals surface area (Å²) >= 11 is 11.8. The lowest BCUT2D eigenvalue weighted by Gasteiger charge is -2.04. The smallest absolute Gasteiger partial charge is 0.303 e. The van der Waals surface area contributed by atoms with Crippen LogP contribution in [0.15, 0.2) is 30.6 Å². The van der Waals surface area contributed by atoms with Gasteiger partial charge in [-0.1, -0.05) is 29.3 Å². The summed E-state index contributed by atoms with van der Waals surface area (Å²) in [4.78, 5) is 30.3. The van der Waals surface area contributed by atoms with Gasteiger partial charge < -0.3 is 5.11 Å². The highest BCUT2D eigenvalue weighted by molar-refractivity contribution is 6.42. The Morgan fingerprint density at radius 3 is 2.48 bits per heavy atom. The van der Waals surface area contributed by atoms with Gasteiger partial charge in [-0.25, -0.2) is 9.97 Å². The van der Waals surface area contributed by atoms with E-state index in [1.165, 1.54) is 12.4 Å². The Balaban J connectivity index is 2.26. The topological polar surface area (TPSA) is 80.1 Å². The third kappa shape index (κ3) is 4.00. The third-order valence-electron chi connectivity index (χ3n) is 2.73. The monoisotopic (exact) mass is 324 g/mol. The van der Waals surface area contributed by atoms with Crippen LogP contribution in [-0.4, -0.2) is 26.8 Å². The van der Waals surface area contributed by atoms with Gasteiger partial charge in [0.05, 0.1) is 22.2 Å². The van der Waals surface area contributed by atoms with Gasteiger partial charge in [-0.05, 0) is 18.2 Å². The molecule has 0 bridgehead atoms. The lowest BCUT2D eigenvalue weighted by Crippen LogP contribution is -2.06. The van der Waals surface area contributed by atoms with E-state index >= 15 is 0 Å². The maximum atomic E-state index is 11.9. The molecule has 5 nitrogen and oxygen atoms in total. The molecule has 2 aromatic rings. The zero-order chi connectivity index (χ0) is 15.4. The number of hydrogen-bond donors (Lipinski definition) is 1. The molecule has 0 saturated heterocycles. The summed E-state index contributed by atoms with van der Waals surface area (Å²) in [5.41, 5.74) is 1.38. The Morgan fingerprint density at radius 2 is 1.81 bits per heavy atom. The first-order chi connectivity index (χ1) is 9.97. The molecule has 0 fully saturated rings. The number of aromatic nitrogens is 2. The molecular formula is C14H10Cl2N2O3. The summed E-state index contributed by atoms with van der Waals surface area (Å²) < 4.78 is 0. The van der Waals surface area contributed by atoms with E-state index < -0.39 is 5.97 Å². The second-order valence-corrected chi connectivity index (χ2v) is 5.05. The number of halogens is 2. The Labute approximate surface area is 130 Å². The minimum absolute atomic E-state index is 0.104. The predicted octanol–water partition coefficient (Wildman–Crippen LogP) is 3.50. The molecule has 0 saturated carbocycles. The quantitative estimate of drug-likeness (QED) is 0.851. The summed E-state index contributed by atoms with van der Waals surface area (Å²) in [6.45, 7) is 0. The maximum absolute atomic E-state index is 11.9. The van der Waals surface area contributed by atoms with Crippen LogP contribution in [0, 0.1) is 0 Å². The Bertz CT molecular complexity index is 704. The molecule has 0 aliphatic carbocycles. The van der Waals surface area contributed by atoms with Crippen molar-refractivity contribution in [2.75, 3.05) is 0 Å². The molecule has 0 unspecified atom stereocenters. The fourth-order valence-electron chi connectivity index (χ4n) is 1.67. The highest BCUT2D eigenvalue weighted by Gasteiger charge is 2.12. The number of carbonyl (C=O) groups excluding carboxylic acids is 1. The van der Waals surface area contributed by atoms with Crippen molar-refractivity contribution in [3.8, 4) is 11.3 Å². The van der Waals surface area contributed by atoms with Crippen LogP contribution in [-0.2, 0) is 4.79 Å². The number of hydrogen-bond acceptors (Lipinski definition) is 4. The first-order valence-electron chi connectivity index (χ1n) is 6.00. The normalized spacial score (nSPS) is 10.4. The minimum atomic E-state index is -1.03. The molecule has 1 heterocycles. The average Bonchev–Trinajstić information content (AvgIpc) is 2.47. The van der Waals surface area contributed by atoms with E-state index in [0.717, 1.165) is 0 Å². The molecule has 7 heteroatoms. The third-order valence-corrected chi connectivity index (χ3v) is 3.47.